The lowest BCUT2D eigenvalue weighted by atomic mass is 10.0. The van der Waals surface area contributed by atoms with Gasteiger partial charge in [-0.3, -0.25) is 4.79 Å². The average molecular weight is 264 g/mol. The molecule has 0 N–H and O–H groups in total. The molecular weight excluding hydrogens is 244 g/mol. The van der Waals surface area contributed by atoms with Crippen molar-refractivity contribution < 1.29 is 9.53 Å². The quantitative estimate of drug-likeness (QED) is 0.795. The van der Waals surface area contributed by atoms with Crippen LogP contribution >= 0.6 is 0 Å². The number of hydrogen-bond donors (Lipinski definition) is 0. The normalized spacial score (nSPS) is 28.8. The first-order valence-electron chi connectivity index (χ1n) is 7.02. The SMILES string of the molecule is C[C@@H]1CCO[C@H]1C(=O)N1CCC(n2ccnn2)CC1. The number of aromatic nitrogens is 3. The van der Waals surface area contributed by atoms with E-state index in [2.05, 4.69) is 17.2 Å². The molecule has 104 valence electrons. The van der Waals surface area contributed by atoms with E-state index in [-0.39, 0.29) is 12.0 Å². The first-order valence-corrected chi connectivity index (χ1v) is 7.02. The minimum absolute atomic E-state index is 0.169. The fraction of sp³-hybridized carbons (Fsp3) is 0.769. The molecule has 2 saturated heterocycles. The second kappa shape index (κ2) is 5.28. The Hall–Kier alpha value is -1.43. The van der Waals surface area contributed by atoms with E-state index in [4.69, 9.17) is 4.74 Å². The number of ether oxygens (including phenoxy) is 1. The van der Waals surface area contributed by atoms with Gasteiger partial charge in [0.25, 0.3) is 5.91 Å². The van der Waals surface area contributed by atoms with Gasteiger partial charge in [-0.2, -0.15) is 0 Å². The predicted octanol–water partition coefficient (Wildman–Crippen LogP) is 0.867. The van der Waals surface area contributed by atoms with Gasteiger partial charge in [-0.05, 0) is 25.2 Å². The molecule has 2 aliphatic heterocycles. The van der Waals surface area contributed by atoms with Crippen molar-refractivity contribution in [3.05, 3.63) is 12.4 Å². The fourth-order valence-electron chi connectivity index (χ4n) is 2.95. The minimum Gasteiger partial charge on any atom is -0.368 e. The summed E-state index contributed by atoms with van der Waals surface area (Å²) in [6.07, 6.45) is 6.25. The summed E-state index contributed by atoms with van der Waals surface area (Å²) in [4.78, 5) is 14.3. The number of amides is 1. The van der Waals surface area contributed by atoms with Crippen molar-refractivity contribution in [1.82, 2.24) is 19.9 Å². The number of carbonyl (C=O) groups is 1. The maximum absolute atomic E-state index is 12.4. The van der Waals surface area contributed by atoms with Crippen LogP contribution in [0.2, 0.25) is 0 Å². The molecule has 0 spiro atoms. The number of carbonyl (C=O) groups excluding carboxylic acids is 1. The Bertz CT molecular complexity index is 426. The molecule has 6 nitrogen and oxygen atoms in total. The highest BCUT2D eigenvalue weighted by Gasteiger charge is 2.35. The fourth-order valence-corrected chi connectivity index (χ4v) is 2.95. The summed E-state index contributed by atoms with van der Waals surface area (Å²) >= 11 is 0. The molecule has 1 aromatic heterocycles. The van der Waals surface area contributed by atoms with Gasteiger partial charge in [0.1, 0.15) is 6.10 Å². The number of rotatable bonds is 2. The number of nitrogens with zero attached hydrogens (tertiary/aromatic N) is 4. The van der Waals surface area contributed by atoms with Gasteiger partial charge in [0.15, 0.2) is 0 Å². The molecule has 6 heteroatoms. The Morgan fingerprint density at radius 2 is 2.11 bits per heavy atom. The van der Waals surface area contributed by atoms with Crippen molar-refractivity contribution >= 4 is 5.91 Å². The minimum atomic E-state index is -0.220. The number of piperidine rings is 1. The van der Waals surface area contributed by atoms with Crippen LogP contribution < -0.4 is 0 Å². The van der Waals surface area contributed by atoms with E-state index in [1.165, 1.54) is 0 Å². The summed E-state index contributed by atoms with van der Waals surface area (Å²) in [5, 5.41) is 7.87. The highest BCUT2D eigenvalue weighted by molar-refractivity contribution is 5.81. The summed E-state index contributed by atoms with van der Waals surface area (Å²) in [5.41, 5.74) is 0. The molecule has 0 aromatic carbocycles. The van der Waals surface area contributed by atoms with E-state index < -0.39 is 0 Å². The highest BCUT2D eigenvalue weighted by Crippen LogP contribution is 2.26. The summed E-state index contributed by atoms with van der Waals surface area (Å²) in [6.45, 7) is 4.39. The zero-order chi connectivity index (χ0) is 13.2. The lowest BCUT2D eigenvalue weighted by Gasteiger charge is -2.33. The van der Waals surface area contributed by atoms with Crippen LogP contribution in [0.1, 0.15) is 32.2 Å². The van der Waals surface area contributed by atoms with Crippen LogP contribution in [0, 0.1) is 5.92 Å². The monoisotopic (exact) mass is 264 g/mol. The molecular formula is C13H20N4O2. The van der Waals surface area contributed by atoms with Crippen LogP contribution in [-0.4, -0.2) is 51.6 Å². The second-order valence-electron chi connectivity index (χ2n) is 5.50. The van der Waals surface area contributed by atoms with Crippen molar-refractivity contribution in [2.75, 3.05) is 19.7 Å². The third kappa shape index (κ3) is 2.49. The molecule has 0 saturated carbocycles. The van der Waals surface area contributed by atoms with Gasteiger partial charge in [0, 0.05) is 25.9 Å². The van der Waals surface area contributed by atoms with Crippen molar-refractivity contribution in [2.45, 2.75) is 38.3 Å². The summed E-state index contributed by atoms with van der Waals surface area (Å²) < 4.78 is 7.46. The molecule has 0 unspecified atom stereocenters. The molecule has 2 aliphatic rings. The van der Waals surface area contributed by atoms with Crippen LogP contribution in [0.4, 0.5) is 0 Å². The highest BCUT2D eigenvalue weighted by atomic mass is 16.5. The maximum Gasteiger partial charge on any atom is 0.251 e. The molecule has 1 amide bonds. The van der Waals surface area contributed by atoms with Gasteiger partial charge in [0.05, 0.1) is 12.2 Å². The molecule has 0 aliphatic carbocycles. The molecule has 1 aromatic rings. The van der Waals surface area contributed by atoms with Crippen LogP contribution in [0.25, 0.3) is 0 Å². The second-order valence-corrected chi connectivity index (χ2v) is 5.50. The van der Waals surface area contributed by atoms with E-state index in [9.17, 15) is 4.79 Å². The van der Waals surface area contributed by atoms with E-state index >= 15 is 0 Å². The Morgan fingerprint density at radius 3 is 2.68 bits per heavy atom. The molecule has 19 heavy (non-hydrogen) atoms. The molecule has 3 heterocycles. The molecule has 0 bridgehead atoms. The standard InChI is InChI=1S/C13H20N4O2/c1-10-4-9-19-12(10)13(18)16-6-2-11(3-7-16)17-8-5-14-15-17/h5,8,10-12H,2-4,6-7,9H2,1H3/t10-,12-/m1/s1. The van der Waals surface area contributed by atoms with Gasteiger partial charge in [0.2, 0.25) is 0 Å². The zero-order valence-electron chi connectivity index (χ0n) is 11.2. The van der Waals surface area contributed by atoms with Crippen LogP contribution in [0.5, 0.6) is 0 Å². The van der Waals surface area contributed by atoms with Gasteiger partial charge >= 0.3 is 0 Å². The number of hydrogen-bond acceptors (Lipinski definition) is 4. The van der Waals surface area contributed by atoms with Crippen molar-refractivity contribution in [3.63, 3.8) is 0 Å². The first-order chi connectivity index (χ1) is 9.25. The van der Waals surface area contributed by atoms with Gasteiger partial charge in [-0.1, -0.05) is 12.1 Å². The third-order valence-electron chi connectivity index (χ3n) is 4.22. The molecule has 0 radical (unpaired) electrons. The van der Waals surface area contributed by atoms with Gasteiger partial charge in [-0.25, -0.2) is 4.68 Å². The summed E-state index contributed by atoms with van der Waals surface area (Å²) in [5.74, 6) is 0.516. The lowest BCUT2D eigenvalue weighted by molar-refractivity contribution is -0.143. The van der Waals surface area contributed by atoms with E-state index in [0.29, 0.717) is 18.6 Å². The van der Waals surface area contributed by atoms with Crippen molar-refractivity contribution in [3.8, 4) is 0 Å². The van der Waals surface area contributed by atoms with Crippen molar-refractivity contribution in [2.24, 2.45) is 5.92 Å². The summed E-state index contributed by atoms with van der Waals surface area (Å²) in [7, 11) is 0. The maximum atomic E-state index is 12.4. The van der Waals surface area contributed by atoms with Crippen LogP contribution in [0.15, 0.2) is 12.4 Å². The Labute approximate surface area is 112 Å². The van der Waals surface area contributed by atoms with Gasteiger partial charge in [-0.15, -0.1) is 5.10 Å². The topological polar surface area (TPSA) is 60.2 Å². The number of likely N-dealkylation sites (tertiary alicyclic amines) is 1. The third-order valence-corrected chi connectivity index (χ3v) is 4.22. The van der Waals surface area contributed by atoms with E-state index in [1.54, 1.807) is 6.20 Å². The Morgan fingerprint density at radius 1 is 1.32 bits per heavy atom. The molecule has 2 fully saturated rings. The smallest absolute Gasteiger partial charge is 0.251 e. The van der Waals surface area contributed by atoms with Crippen LogP contribution in [0.3, 0.4) is 0 Å². The predicted molar refractivity (Wildman–Crippen MR) is 68.4 cm³/mol. The van der Waals surface area contributed by atoms with E-state index in [0.717, 1.165) is 32.4 Å². The molecule has 2 atom stereocenters. The Balaban J connectivity index is 1.56. The summed E-state index contributed by atoms with van der Waals surface area (Å²) in [6, 6.07) is 0.369. The van der Waals surface area contributed by atoms with E-state index in [1.807, 2.05) is 15.8 Å². The Kier molecular flexibility index (Phi) is 3.50. The largest absolute Gasteiger partial charge is 0.368 e. The zero-order valence-corrected chi connectivity index (χ0v) is 11.2. The first kappa shape index (κ1) is 12.6. The van der Waals surface area contributed by atoms with Crippen LogP contribution in [-0.2, 0) is 9.53 Å². The van der Waals surface area contributed by atoms with Crippen molar-refractivity contribution in [1.29, 1.82) is 0 Å². The van der Waals surface area contributed by atoms with Gasteiger partial charge < -0.3 is 9.64 Å². The molecule has 3 rings (SSSR count). The lowest BCUT2D eigenvalue weighted by Crippen LogP contribution is -2.45. The average Bonchev–Trinajstić information content (AvgIpc) is 3.09.